The van der Waals surface area contributed by atoms with Gasteiger partial charge in [-0.1, -0.05) is 24.3 Å². The molecule has 1 unspecified atom stereocenters. The van der Waals surface area contributed by atoms with Crippen LogP contribution in [0.25, 0.3) is 0 Å². The van der Waals surface area contributed by atoms with Crippen LogP contribution >= 0.6 is 11.8 Å². The molecule has 5 nitrogen and oxygen atoms in total. The normalized spacial score (nSPS) is 16.8. The first-order chi connectivity index (χ1) is 12.3. The molecule has 8 heteroatoms. The summed E-state index contributed by atoms with van der Waals surface area (Å²) in [6.07, 6.45) is 1.51. The van der Waals surface area contributed by atoms with Gasteiger partial charge in [-0.3, -0.25) is 4.79 Å². The Bertz CT molecular complexity index is 915. The van der Waals surface area contributed by atoms with Gasteiger partial charge < -0.3 is 5.32 Å². The predicted molar refractivity (Wildman–Crippen MR) is 98.8 cm³/mol. The maximum Gasteiger partial charge on any atom is 0.238 e. The van der Waals surface area contributed by atoms with E-state index in [1.54, 1.807) is 18.2 Å². The fourth-order valence-electron chi connectivity index (χ4n) is 2.91. The highest BCUT2D eigenvalue weighted by molar-refractivity contribution is 7.99. The van der Waals surface area contributed by atoms with Crippen LogP contribution in [-0.2, 0) is 21.2 Å². The molecule has 1 aliphatic heterocycles. The molecule has 1 amide bonds. The van der Waals surface area contributed by atoms with Gasteiger partial charge in [-0.15, -0.1) is 11.8 Å². The number of rotatable bonds is 5. The Balaban J connectivity index is 1.60. The molecule has 3 rings (SSSR count). The molecule has 0 bridgehead atoms. The van der Waals surface area contributed by atoms with Crippen LogP contribution in [0.2, 0.25) is 0 Å². The molecule has 1 heterocycles. The Kier molecular flexibility index (Phi) is 5.64. The molecule has 0 aromatic heterocycles. The van der Waals surface area contributed by atoms with E-state index in [0.717, 1.165) is 23.3 Å². The van der Waals surface area contributed by atoms with Crippen molar-refractivity contribution in [2.45, 2.75) is 35.1 Å². The zero-order chi connectivity index (χ0) is 18.7. The van der Waals surface area contributed by atoms with Crippen LogP contribution in [0.15, 0.2) is 52.3 Å². The van der Waals surface area contributed by atoms with Crippen molar-refractivity contribution >= 4 is 27.7 Å². The average molecular weight is 394 g/mol. The zero-order valence-corrected chi connectivity index (χ0v) is 15.6. The van der Waals surface area contributed by atoms with Crippen LogP contribution < -0.4 is 10.5 Å². The molecule has 138 valence electrons. The van der Waals surface area contributed by atoms with Crippen molar-refractivity contribution in [2.24, 2.45) is 5.14 Å². The summed E-state index contributed by atoms with van der Waals surface area (Å²) in [5.74, 6) is 0.391. The van der Waals surface area contributed by atoms with Gasteiger partial charge in [0.1, 0.15) is 5.82 Å². The van der Waals surface area contributed by atoms with Crippen molar-refractivity contribution in [3.63, 3.8) is 0 Å². The van der Waals surface area contributed by atoms with E-state index in [1.807, 2.05) is 6.07 Å². The Morgan fingerprint density at radius 1 is 1.23 bits per heavy atom. The number of benzene rings is 2. The molecule has 1 aliphatic rings. The summed E-state index contributed by atoms with van der Waals surface area (Å²) >= 11 is 1.47. The van der Waals surface area contributed by atoms with Crippen molar-refractivity contribution in [3.8, 4) is 0 Å². The number of hydrogen-bond acceptors (Lipinski definition) is 4. The van der Waals surface area contributed by atoms with E-state index in [1.165, 1.54) is 30.0 Å². The molecule has 0 fully saturated rings. The minimum atomic E-state index is -3.71. The van der Waals surface area contributed by atoms with E-state index in [-0.39, 0.29) is 29.1 Å². The second kappa shape index (κ2) is 7.77. The lowest BCUT2D eigenvalue weighted by atomic mass is 10.0. The largest absolute Gasteiger partial charge is 0.349 e. The van der Waals surface area contributed by atoms with Crippen LogP contribution in [0.1, 0.15) is 30.0 Å². The van der Waals surface area contributed by atoms with E-state index in [2.05, 4.69) is 5.32 Å². The number of fused-ring (bicyclic) bond motifs is 1. The number of sulfonamides is 1. The zero-order valence-electron chi connectivity index (χ0n) is 13.9. The number of carbonyl (C=O) groups is 1. The van der Waals surface area contributed by atoms with E-state index < -0.39 is 10.0 Å². The number of halogens is 1. The first kappa shape index (κ1) is 18.9. The second-order valence-electron chi connectivity index (χ2n) is 6.10. The van der Waals surface area contributed by atoms with Crippen LogP contribution in [-0.4, -0.2) is 20.1 Å². The van der Waals surface area contributed by atoms with Gasteiger partial charge in [-0.05, 0) is 42.2 Å². The molecule has 0 radical (unpaired) electrons. The molecule has 1 atom stereocenters. The van der Waals surface area contributed by atoms with E-state index >= 15 is 0 Å². The lowest BCUT2D eigenvalue weighted by Crippen LogP contribution is -2.31. The molecule has 26 heavy (non-hydrogen) atoms. The highest BCUT2D eigenvalue weighted by atomic mass is 32.2. The number of nitrogens with one attached hydrogen (secondary N) is 1. The van der Waals surface area contributed by atoms with Gasteiger partial charge in [-0.2, -0.15) is 0 Å². The van der Waals surface area contributed by atoms with E-state index in [4.69, 9.17) is 5.14 Å². The number of nitrogens with two attached hydrogens (primary N) is 1. The molecule has 0 saturated heterocycles. The fourth-order valence-corrected chi connectivity index (χ4v) is 4.56. The monoisotopic (exact) mass is 394 g/mol. The summed E-state index contributed by atoms with van der Waals surface area (Å²) in [4.78, 5) is 12.9. The Morgan fingerprint density at radius 3 is 2.65 bits per heavy atom. The highest BCUT2D eigenvalue weighted by Crippen LogP contribution is 2.37. The fraction of sp³-hybridized carbons (Fsp3) is 0.278. The van der Waals surface area contributed by atoms with Gasteiger partial charge in [0.15, 0.2) is 0 Å². The number of amides is 1. The highest BCUT2D eigenvalue weighted by Gasteiger charge is 2.24. The lowest BCUT2D eigenvalue weighted by molar-refractivity contribution is -0.121. The maximum atomic E-state index is 13.9. The standard InChI is InChI=1S/C18H19FN2O3S2/c19-15-3-1-2-14-16(10-11-25-18(14)15)21-17(22)9-6-12-4-7-13(8-5-12)26(20,23)24/h1-5,7-8,16H,6,9-11H2,(H,21,22)(H2,20,23,24). The first-order valence-corrected chi connectivity index (χ1v) is 10.7. The molecule has 2 aromatic rings. The van der Waals surface area contributed by atoms with Gasteiger partial charge in [0.25, 0.3) is 0 Å². The lowest BCUT2D eigenvalue weighted by Gasteiger charge is -2.26. The minimum absolute atomic E-state index is 0.0454. The summed E-state index contributed by atoms with van der Waals surface area (Å²) < 4.78 is 36.4. The van der Waals surface area contributed by atoms with Gasteiger partial charge >= 0.3 is 0 Å². The van der Waals surface area contributed by atoms with Gasteiger partial charge in [0.05, 0.1) is 10.9 Å². The number of thioether (sulfide) groups is 1. The Labute approximate surface area is 156 Å². The molecular formula is C18H19FN2O3S2. The third-order valence-corrected chi connectivity index (χ3v) is 6.34. The van der Waals surface area contributed by atoms with E-state index in [0.29, 0.717) is 11.3 Å². The third kappa shape index (κ3) is 4.44. The van der Waals surface area contributed by atoms with Gasteiger partial charge in [0.2, 0.25) is 15.9 Å². The smallest absolute Gasteiger partial charge is 0.238 e. The molecule has 3 N–H and O–H groups in total. The SMILES string of the molecule is NS(=O)(=O)c1ccc(CCC(=O)NC2CCSc3c(F)cccc32)cc1. The quantitative estimate of drug-likeness (QED) is 0.816. The summed E-state index contributed by atoms with van der Waals surface area (Å²) in [5, 5.41) is 8.04. The average Bonchev–Trinajstić information content (AvgIpc) is 2.60. The minimum Gasteiger partial charge on any atom is -0.349 e. The van der Waals surface area contributed by atoms with Crippen molar-refractivity contribution in [1.82, 2.24) is 5.32 Å². The number of carbonyl (C=O) groups excluding carboxylic acids is 1. The van der Waals surface area contributed by atoms with Crippen LogP contribution in [0.3, 0.4) is 0 Å². The van der Waals surface area contributed by atoms with Crippen LogP contribution in [0, 0.1) is 5.82 Å². The first-order valence-electron chi connectivity index (χ1n) is 8.17. The van der Waals surface area contributed by atoms with Crippen LogP contribution in [0.4, 0.5) is 4.39 Å². The summed E-state index contributed by atoms with van der Waals surface area (Å²) in [6, 6.07) is 10.9. The molecule has 0 saturated carbocycles. The number of hydrogen-bond donors (Lipinski definition) is 2. The second-order valence-corrected chi connectivity index (χ2v) is 8.77. The Morgan fingerprint density at radius 2 is 1.96 bits per heavy atom. The van der Waals surface area contributed by atoms with Gasteiger partial charge in [-0.25, -0.2) is 17.9 Å². The van der Waals surface area contributed by atoms with Crippen molar-refractivity contribution in [2.75, 3.05) is 5.75 Å². The van der Waals surface area contributed by atoms with Crippen molar-refractivity contribution in [1.29, 1.82) is 0 Å². The molecule has 0 spiro atoms. The van der Waals surface area contributed by atoms with Crippen molar-refractivity contribution < 1.29 is 17.6 Å². The Hall–Kier alpha value is -1.90. The molecular weight excluding hydrogens is 375 g/mol. The maximum absolute atomic E-state index is 13.9. The van der Waals surface area contributed by atoms with Gasteiger partial charge in [0, 0.05) is 17.1 Å². The number of aryl methyl sites for hydroxylation is 1. The summed E-state index contributed by atoms with van der Waals surface area (Å²) in [7, 11) is -3.71. The molecule has 2 aromatic carbocycles. The van der Waals surface area contributed by atoms with Crippen LogP contribution in [0.5, 0.6) is 0 Å². The summed E-state index contributed by atoms with van der Waals surface area (Å²) in [5.41, 5.74) is 1.67. The summed E-state index contributed by atoms with van der Waals surface area (Å²) in [6.45, 7) is 0. The van der Waals surface area contributed by atoms with E-state index in [9.17, 15) is 17.6 Å². The van der Waals surface area contributed by atoms with Crippen molar-refractivity contribution in [3.05, 3.63) is 59.4 Å². The predicted octanol–water partition coefficient (Wildman–Crippen LogP) is 2.76. The topological polar surface area (TPSA) is 89.3 Å². The third-order valence-electron chi connectivity index (χ3n) is 4.25. The molecule has 0 aliphatic carbocycles. The number of primary sulfonamides is 1.